The average molecular weight is 397 g/mol. The van der Waals surface area contributed by atoms with Crippen molar-refractivity contribution in [2.24, 2.45) is 0 Å². The van der Waals surface area contributed by atoms with Gasteiger partial charge in [0.05, 0.1) is 0 Å². The topological polar surface area (TPSA) is 18.5 Å². The monoisotopic (exact) mass is 396 g/mol. The number of rotatable bonds is 12. The summed E-state index contributed by atoms with van der Waals surface area (Å²) in [5, 5.41) is 0. The second-order valence-corrected chi connectivity index (χ2v) is 8.93. The first-order chi connectivity index (χ1) is 13.9. The lowest BCUT2D eigenvalue weighted by molar-refractivity contribution is -0.0741. The van der Waals surface area contributed by atoms with Crippen molar-refractivity contribution in [3.8, 4) is 5.75 Å². The van der Waals surface area contributed by atoms with Crippen molar-refractivity contribution in [1.29, 1.82) is 0 Å². The Kier molecular flexibility index (Phi) is 9.23. The van der Waals surface area contributed by atoms with Crippen LogP contribution in [0.3, 0.4) is 0 Å². The molecule has 0 bridgehead atoms. The summed E-state index contributed by atoms with van der Waals surface area (Å²) in [6.07, 6.45) is 5.55. The van der Waals surface area contributed by atoms with Crippen LogP contribution in [0.15, 0.2) is 48.5 Å². The molecule has 2 nitrogen and oxygen atoms in total. The highest BCUT2D eigenvalue weighted by molar-refractivity contribution is 5.33. The van der Waals surface area contributed by atoms with Crippen molar-refractivity contribution in [3.63, 3.8) is 0 Å². The molecule has 29 heavy (non-hydrogen) atoms. The van der Waals surface area contributed by atoms with E-state index in [2.05, 4.69) is 83.1 Å². The number of unbranched alkanes of at least 4 members (excludes halogenated alkanes) is 2. The number of benzene rings is 2. The van der Waals surface area contributed by atoms with Crippen LogP contribution in [0.1, 0.15) is 89.8 Å². The number of hydrogen-bond acceptors (Lipinski definition) is 2. The Labute approximate surface area is 178 Å². The average Bonchev–Trinajstić information content (AvgIpc) is 2.69. The van der Waals surface area contributed by atoms with E-state index in [-0.39, 0.29) is 11.7 Å². The van der Waals surface area contributed by atoms with Crippen LogP contribution in [-0.2, 0) is 16.6 Å². The Balaban J connectivity index is 2.07. The molecule has 160 valence electrons. The molecule has 1 unspecified atom stereocenters. The minimum atomic E-state index is -0.275. The highest BCUT2D eigenvalue weighted by atomic mass is 16.7. The normalized spacial score (nSPS) is 12.9. The van der Waals surface area contributed by atoms with Crippen molar-refractivity contribution in [1.82, 2.24) is 0 Å². The predicted octanol–water partition coefficient (Wildman–Crippen LogP) is 7.65. The maximum absolute atomic E-state index is 6.24. The maximum Gasteiger partial charge on any atom is 0.203 e. The maximum atomic E-state index is 6.24. The summed E-state index contributed by atoms with van der Waals surface area (Å²) in [6, 6.07) is 17.2. The number of hydrogen-bond donors (Lipinski definition) is 0. The summed E-state index contributed by atoms with van der Waals surface area (Å²) in [5.74, 6) is 1.36. The van der Waals surface area contributed by atoms with Crippen LogP contribution in [0.25, 0.3) is 0 Å². The van der Waals surface area contributed by atoms with Gasteiger partial charge in [-0.05, 0) is 53.5 Å². The van der Waals surface area contributed by atoms with Gasteiger partial charge in [-0.15, -0.1) is 0 Å². The van der Waals surface area contributed by atoms with Gasteiger partial charge in [-0.25, -0.2) is 0 Å². The van der Waals surface area contributed by atoms with Gasteiger partial charge >= 0.3 is 0 Å². The lowest BCUT2D eigenvalue weighted by Gasteiger charge is -2.26. The van der Waals surface area contributed by atoms with Crippen molar-refractivity contribution < 1.29 is 9.47 Å². The summed E-state index contributed by atoms with van der Waals surface area (Å²) < 4.78 is 12.2. The SMILES string of the molecule is CCCCCC(C)(C)c1ccc(OC(Cc2ccccc2C(C)C)OCC)cc1. The molecule has 0 aliphatic heterocycles. The minimum absolute atomic E-state index is 0.198. The van der Waals surface area contributed by atoms with Gasteiger partial charge in [0.1, 0.15) is 5.75 Å². The molecule has 2 aromatic rings. The minimum Gasteiger partial charge on any atom is -0.465 e. The van der Waals surface area contributed by atoms with Crippen LogP contribution in [-0.4, -0.2) is 12.9 Å². The largest absolute Gasteiger partial charge is 0.465 e. The third kappa shape index (κ3) is 7.19. The number of ether oxygens (including phenoxy) is 2. The van der Waals surface area contributed by atoms with Crippen molar-refractivity contribution in [3.05, 3.63) is 65.2 Å². The summed E-state index contributed by atoms with van der Waals surface area (Å²) in [5.41, 5.74) is 4.24. The van der Waals surface area contributed by atoms with E-state index in [4.69, 9.17) is 9.47 Å². The molecule has 0 saturated carbocycles. The van der Waals surface area contributed by atoms with Gasteiger partial charge in [0.15, 0.2) is 0 Å². The molecule has 0 aromatic heterocycles. The highest BCUT2D eigenvalue weighted by Crippen LogP contribution is 2.31. The predicted molar refractivity (Wildman–Crippen MR) is 124 cm³/mol. The summed E-state index contributed by atoms with van der Waals surface area (Å²) in [6.45, 7) is 14.1. The van der Waals surface area contributed by atoms with Gasteiger partial charge in [-0.2, -0.15) is 0 Å². The smallest absolute Gasteiger partial charge is 0.203 e. The zero-order chi connectivity index (χ0) is 21.3. The standard InChI is InChI=1S/C27H40O2/c1-7-9-12-19-27(5,6)23-15-17-24(18-16-23)29-26(28-8-2)20-22-13-10-11-14-25(22)21(3)4/h10-11,13-18,21,26H,7-9,12,19-20H2,1-6H3. The third-order valence-corrected chi connectivity index (χ3v) is 5.72. The molecule has 0 N–H and O–H groups in total. The molecule has 0 spiro atoms. The second-order valence-electron chi connectivity index (χ2n) is 8.93. The lowest BCUT2D eigenvalue weighted by Crippen LogP contribution is -2.24. The van der Waals surface area contributed by atoms with Crippen molar-refractivity contribution in [2.45, 2.75) is 91.3 Å². The fraction of sp³-hybridized carbons (Fsp3) is 0.556. The Bertz CT molecular complexity index is 716. The highest BCUT2D eigenvalue weighted by Gasteiger charge is 2.20. The van der Waals surface area contributed by atoms with E-state index < -0.39 is 0 Å². The molecule has 0 fully saturated rings. The van der Waals surface area contributed by atoms with Gasteiger partial charge in [-0.3, -0.25) is 0 Å². The first-order valence-electron chi connectivity index (χ1n) is 11.3. The van der Waals surface area contributed by atoms with Crippen LogP contribution in [0.2, 0.25) is 0 Å². The van der Waals surface area contributed by atoms with Crippen molar-refractivity contribution in [2.75, 3.05) is 6.61 Å². The van der Waals surface area contributed by atoms with E-state index in [0.29, 0.717) is 12.5 Å². The molecule has 0 aliphatic carbocycles. The van der Waals surface area contributed by atoms with Crippen LogP contribution < -0.4 is 4.74 Å². The molecule has 2 heteroatoms. The molecular formula is C27H40O2. The molecule has 2 rings (SSSR count). The van der Waals surface area contributed by atoms with Crippen molar-refractivity contribution >= 4 is 0 Å². The van der Waals surface area contributed by atoms with Gasteiger partial charge in [-0.1, -0.05) is 90.3 Å². The van der Waals surface area contributed by atoms with Crippen LogP contribution in [0, 0.1) is 0 Å². The molecule has 2 aromatic carbocycles. The Morgan fingerprint density at radius 3 is 2.21 bits per heavy atom. The van der Waals surface area contributed by atoms with E-state index in [1.54, 1.807) is 0 Å². The Hall–Kier alpha value is -1.80. The fourth-order valence-corrected chi connectivity index (χ4v) is 3.88. The first kappa shape index (κ1) is 23.5. The lowest BCUT2D eigenvalue weighted by atomic mass is 9.80. The molecular weight excluding hydrogens is 356 g/mol. The van der Waals surface area contributed by atoms with E-state index in [1.807, 2.05) is 6.92 Å². The van der Waals surface area contributed by atoms with Gasteiger partial charge < -0.3 is 9.47 Å². The van der Waals surface area contributed by atoms with Gasteiger partial charge in [0, 0.05) is 13.0 Å². The molecule has 0 heterocycles. The second kappa shape index (κ2) is 11.4. The van der Waals surface area contributed by atoms with Gasteiger partial charge in [0.2, 0.25) is 6.29 Å². The molecule has 0 aliphatic rings. The summed E-state index contributed by atoms with van der Waals surface area (Å²) in [4.78, 5) is 0. The first-order valence-corrected chi connectivity index (χ1v) is 11.3. The molecule has 0 amide bonds. The summed E-state index contributed by atoms with van der Waals surface area (Å²) in [7, 11) is 0. The van der Waals surface area contributed by atoms with E-state index in [9.17, 15) is 0 Å². The summed E-state index contributed by atoms with van der Waals surface area (Å²) >= 11 is 0. The fourth-order valence-electron chi connectivity index (χ4n) is 3.88. The van der Waals surface area contributed by atoms with E-state index in [0.717, 1.165) is 12.2 Å². The molecule has 0 radical (unpaired) electrons. The molecule has 1 atom stereocenters. The van der Waals surface area contributed by atoms with Crippen LogP contribution in [0.4, 0.5) is 0 Å². The Morgan fingerprint density at radius 2 is 1.59 bits per heavy atom. The van der Waals surface area contributed by atoms with E-state index >= 15 is 0 Å². The zero-order valence-electron chi connectivity index (χ0n) is 19.3. The van der Waals surface area contributed by atoms with E-state index in [1.165, 1.54) is 42.4 Å². The quantitative estimate of drug-likeness (QED) is 0.271. The third-order valence-electron chi connectivity index (χ3n) is 5.72. The molecule has 0 saturated heterocycles. The van der Waals surface area contributed by atoms with Crippen LogP contribution in [0.5, 0.6) is 5.75 Å². The van der Waals surface area contributed by atoms with Crippen LogP contribution >= 0.6 is 0 Å². The Morgan fingerprint density at radius 1 is 0.897 bits per heavy atom. The van der Waals surface area contributed by atoms with Gasteiger partial charge in [0.25, 0.3) is 0 Å². The zero-order valence-corrected chi connectivity index (χ0v) is 19.3.